The van der Waals surface area contributed by atoms with Crippen molar-refractivity contribution in [3.8, 4) is 0 Å². The van der Waals surface area contributed by atoms with E-state index in [1.165, 1.54) is 12.3 Å². The average molecular weight is 158 g/mol. The molecule has 60 valence electrons. The molecule has 0 spiro atoms. The molecule has 0 rings (SSSR count). The SMILES string of the molecule is CCPCC(C)=CC(C)C. The first kappa shape index (κ1) is 10.2. The van der Waals surface area contributed by atoms with Gasteiger partial charge in [0.1, 0.15) is 0 Å². The quantitative estimate of drug-likeness (QED) is 0.435. The van der Waals surface area contributed by atoms with Gasteiger partial charge in [0, 0.05) is 0 Å². The van der Waals surface area contributed by atoms with Gasteiger partial charge in [0.25, 0.3) is 0 Å². The Kier molecular flexibility index (Phi) is 6.02. The van der Waals surface area contributed by atoms with Crippen LogP contribution in [0.15, 0.2) is 11.6 Å². The Bertz CT molecular complexity index is 103. The Morgan fingerprint density at radius 2 is 2.10 bits per heavy atom. The molecule has 0 saturated heterocycles. The minimum absolute atomic E-state index is 0.724. The summed E-state index contributed by atoms with van der Waals surface area (Å²) in [5.41, 5.74) is 1.56. The second-order valence-corrected chi connectivity index (χ2v) is 4.60. The predicted molar refractivity (Wildman–Crippen MR) is 52.3 cm³/mol. The maximum atomic E-state index is 2.36. The molecule has 0 aliphatic carbocycles. The fourth-order valence-corrected chi connectivity index (χ4v) is 1.71. The Labute approximate surface area is 66.9 Å². The highest BCUT2D eigenvalue weighted by molar-refractivity contribution is 7.38. The average Bonchev–Trinajstić information content (AvgIpc) is 1.82. The smallest absolute Gasteiger partial charge is 0.0145 e. The molecule has 0 heterocycles. The lowest BCUT2D eigenvalue weighted by Gasteiger charge is -2.01. The van der Waals surface area contributed by atoms with Crippen molar-refractivity contribution in [2.24, 2.45) is 5.92 Å². The molecule has 0 aromatic carbocycles. The molecule has 1 heteroatoms. The van der Waals surface area contributed by atoms with Crippen molar-refractivity contribution in [3.05, 3.63) is 11.6 Å². The second kappa shape index (κ2) is 5.92. The van der Waals surface area contributed by atoms with E-state index in [4.69, 9.17) is 0 Å². The van der Waals surface area contributed by atoms with Crippen LogP contribution in [-0.4, -0.2) is 12.3 Å². The van der Waals surface area contributed by atoms with E-state index in [9.17, 15) is 0 Å². The summed E-state index contributed by atoms with van der Waals surface area (Å²) >= 11 is 0. The molecule has 0 amide bonds. The van der Waals surface area contributed by atoms with Crippen LogP contribution in [0.2, 0.25) is 0 Å². The highest BCUT2D eigenvalue weighted by atomic mass is 31.1. The maximum absolute atomic E-state index is 2.36. The second-order valence-electron chi connectivity index (χ2n) is 3.04. The van der Waals surface area contributed by atoms with Gasteiger partial charge in [0.15, 0.2) is 0 Å². The molecule has 0 aromatic heterocycles. The van der Waals surface area contributed by atoms with E-state index in [2.05, 4.69) is 33.8 Å². The van der Waals surface area contributed by atoms with Gasteiger partial charge in [-0.2, -0.15) is 0 Å². The van der Waals surface area contributed by atoms with Gasteiger partial charge in [-0.1, -0.05) is 32.4 Å². The topological polar surface area (TPSA) is 0 Å². The first-order valence-electron chi connectivity index (χ1n) is 4.04. The minimum atomic E-state index is 0.724. The van der Waals surface area contributed by atoms with Gasteiger partial charge in [0.2, 0.25) is 0 Å². The van der Waals surface area contributed by atoms with Crippen molar-refractivity contribution in [2.45, 2.75) is 27.7 Å². The van der Waals surface area contributed by atoms with Crippen LogP contribution >= 0.6 is 8.58 Å². The Morgan fingerprint density at radius 1 is 1.50 bits per heavy atom. The summed E-state index contributed by atoms with van der Waals surface area (Å²) in [5, 5.41) is 0. The van der Waals surface area contributed by atoms with E-state index in [0.29, 0.717) is 0 Å². The molecule has 0 nitrogen and oxygen atoms in total. The molecule has 1 atom stereocenters. The molecule has 0 N–H and O–H groups in total. The normalized spacial score (nSPS) is 13.9. The summed E-state index contributed by atoms with van der Waals surface area (Å²) in [6.07, 6.45) is 5.01. The molecule has 1 unspecified atom stereocenters. The predicted octanol–water partition coefficient (Wildman–Crippen LogP) is 3.29. The third-order valence-corrected chi connectivity index (χ3v) is 2.58. The molecule has 0 saturated carbocycles. The fourth-order valence-electron chi connectivity index (χ4n) is 0.950. The summed E-state index contributed by atoms with van der Waals surface area (Å²) in [5.74, 6) is 0.724. The van der Waals surface area contributed by atoms with Crippen molar-refractivity contribution >= 4 is 8.58 Å². The first-order chi connectivity index (χ1) is 4.66. The highest BCUT2D eigenvalue weighted by Crippen LogP contribution is 2.14. The molecule has 0 radical (unpaired) electrons. The van der Waals surface area contributed by atoms with Crippen LogP contribution in [0.3, 0.4) is 0 Å². The molecule has 10 heavy (non-hydrogen) atoms. The van der Waals surface area contributed by atoms with Crippen LogP contribution < -0.4 is 0 Å². The van der Waals surface area contributed by atoms with Gasteiger partial charge in [-0.05, 0) is 25.2 Å². The first-order valence-corrected chi connectivity index (χ1v) is 5.46. The van der Waals surface area contributed by atoms with Gasteiger partial charge in [-0.3, -0.25) is 0 Å². The van der Waals surface area contributed by atoms with Crippen LogP contribution in [0.4, 0.5) is 0 Å². The minimum Gasteiger partial charge on any atom is -0.118 e. The Balaban J connectivity index is 3.49. The third-order valence-electron chi connectivity index (χ3n) is 1.27. The van der Waals surface area contributed by atoms with Crippen LogP contribution in [0.25, 0.3) is 0 Å². The number of rotatable bonds is 4. The Morgan fingerprint density at radius 3 is 2.50 bits per heavy atom. The molecule has 0 aliphatic rings. The molecule has 0 aromatic rings. The monoisotopic (exact) mass is 158 g/mol. The summed E-state index contributed by atoms with van der Waals surface area (Å²) in [6, 6.07) is 0. The van der Waals surface area contributed by atoms with E-state index in [1.54, 1.807) is 5.57 Å². The summed E-state index contributed by atoms with van der Waals surface area (Å²) in [7, 11) is 1.13. The van der Waals surface area contributed by atoms with Crippen LogP contribution in [0.1, 0.15) is 27.7 Å². The van der Waals surface area contributed by atoms with Crippen LogP contribution in [0.5, 0.6) is 0 Å². The lowest BCUT2D eigenvalue weighted by Crippen LogP contribution is -1.85. The lowest BCUT2D eigenvalue weighted by molar-refractivity contribution is 0.822. The van der Waals surface area contributed by atoms with Crippen LogP contribution in [-0.2, 0) is 0 Å². The van der Waals surface area contributed by atoms with Gasteiger partial charge in [-0.15, -0.1) is 8.58 Å². The van der Waals surface area contributed by atoms with Crippen molar-refractivity contribution < 1.29 is 0 Å². The maximum Gasteiger partial charge on any atom is -0.0145 e. The van der Waals surface area contributed by atoms with Gasteiger partial charge >= 0.3 is 0 Å². The van der Waals surface area contributed by atoms with Crippen molar-refractivity contribution in [1.82, 2.24) is 0 Å². The molecular weight excluding hydrogens is 139 g/mol. The van der Waals surface area contributed by atoms with Crippen molar-refractivity contribution in [1.29, 1.82) is 0 Å². The summed E-state index contributed by atoms with van der Waals surface area (Å²) in [4.78, 5) is 0. The van der Waals surface area contributed by atoms with E-state index < -0.39 is 0 Å². The third kappa shape index (κ3) is 6.29. The number of hydrogen-bond donors (Lipinski definition) is 0. The molecule has 0 fully saturated rings. The van der Waals surface area contributed by atoms with Gasteiger partial charge < -0.3 is 0 Å². The lowest BCUT2D eigenvalue weighted by atomic mass is 10.1. The zero-order valence-electron chi connectivity index (χ0n) is 7.57. The highest BCUT2D eigenvalue weighted by Gasteiger charge is 1.90. The largest absolute Gasteiger partial charge is 0.118 e. The molecular formula is C9H19P. The summed E-state index contributed by atoms with van der Waals surface area (Å²) in [6.45, 7) is 8.96. The number of allylic oxidation sites excluding steroid dienone is 2. The van der Waals surface area contributed by atoms with Gasteiger partial charge in [-0.25, -0.2) is 0 Å². The standard InChI is InChI=1S/C9H19P/c1-5-10-7-9(4)6-8(2)3/h6,8,10H,5,7H2,1-4H3. The van der Waals surface area contributed by atoms with E-state index in [-0.39, 0.29) is 0 Å². The van der Waals surface area contributed by atoms with Crippen LogP contribution in [0, 0.1) is 5.92 Å². The van der Waals surface area contributed by atoms with Gasteiger partial charge in [0.05, 0.1) is 0 Å². The molecule has 0 aliphatic heterocycles. The fraction of sp³-hybridized carbons (Fsp3) is 0.778. The summed E-state index contributed by atoms with van der Waals surface area (Å²) < 4.78 is 0. The van der Waals surface area contributed by atoms with E-state index >= 15 is 0 Å². The van der Waals surface area contributed by atoms with Crippen molar-refractivity contribution in [2.75, 3.05) is 12.3 Å². The Hall–Kier alpha value is 0.170. The number of hydrogen-bond acceptors (Lipinski definition) is 0. The molecule has 0 bridgehead atoms. The van der Waals surface area contributed by atoms with E-state index in [0.717, 1.165) is 14.5 Å². The zero-order chi connectivity index (χ0) is 7.98. The van der Waals surface area contributed by atoms with Crippen molar-refractivity contribution in [3.63, 3.8) is 0 Å². The van der Waals surface area contributed by atoms with E-state index in [1.807, 2.05) is 0 Å². The zero-order valence-corrected chi connectivity index (χ0v) is 8.57.